The van der Waals surface area contributed by atoms with Gasteiger partial charge in [0, 0.05) is 22.6 Å². The fourth-order valence-electron chi connectivity index (χ4n) is 2.72. The molecule has 0 heterocycles. The molecule has 0 spiro atoms. The van der Waals surface area contributed by atoms with E-state index < -0.39 is 10.0 Å². The van der Waals surface area contributed by atoms with E-state index in [2.05, 4.69) is 10.0 Å². The molecular weight excluding hydrogens is 372 g/mol. The second-order valence-electron chi connectivity index (χ2n) is 6.44. The summed E-state index contributed by atoms with van der Waals surface area (Å²) in [5, 5.41) is 3.20. The molecule has 0 aliphatic carbocycles. The van der Waals surface area contributed by atoms with Crippen LogP contribution in [0.2, 0.25) is 0 Å². The Morgan fingerprint density at radius 3 is 2.11 bits per heavy atom. The number of hydrogen-bond acceptors (Lipinski definition) is 4. The minimum atomic E-state index is -3.63. The molecule has 3 aromatic carbocycles. The van der Waals surface area contributed by atoms with Gasteiger partial charge in [-0.15, -0.1) is 0 Å². The van der Waals surface area contributed by atoms with E-state index in [0.717, 1.165) is 23.4 Å². The van der Waals surface area contributed by atoms with Gasteiger partial charge in [0.2, 0.25) is 0 Å². The van der Waals surface area contributed by atoms with Gasteiger partial charge in [0.25, 0.3) is 10.0 Å². The van der Waals surface area contributed by atoms with E-state index in [1.807, 2.05) is 31.2 Å². The van der Waals surface area contributed by atoms with Crippen molar-refractivity contribution in [2.45, 2.75) is 25.2 Å². The number of sulfonamides is 1. The first-order valence-electron chi connectivity index (χ1n) is 8.97. The average molecular weight is 394 g/mol. The summed E-state index contributed by atoms with van der Waals surface area (Å²) >= 11 is 0. The summed E-state index contributed by atoms with van der Waals surface area (Å²) < 4.78 is 27.6. The Bertz CT molecular complexity index is 1070. The second kappa shape index (κ2) is 8.27. The maximum Gasteiger partial charge on any atom is 0.261 e. The summed E-state index contributed by atoms with van der Waals surface area (Å²) in [5.74, 6) is 0.000346. The Morgan fingerprint density at radius 2 is 1.50 bits per heavy atom. The summed E-state index contributed by atoms with van der Waals surface area (Å²) in [4.78, 5) is 11.7. The quantitative estimate of drug-likeness (QED) is 0.553. The number of ketones is 1. The fraction of sp³-hybridized carbons (Fsp3) is 0.136. The van der Waals surface area contributed by atoms with Crippen LogP contribution in [0, 0.1) is 0 Å². The van der Waals surface area contributed by atoms with Crippen molar-refractivity contribution >= 4 is 32.9 Å². The van der Waals surface area contributed by atoms with Crippen LogP contribution in [0.4, 0.5) is 17.1 Å². The van der Waals surface area contributed by atoms with Gasteiger partial charge in [0.05, 0.1) is 4.90 Å². The van der Waals surface area contributed by atoms with Crippen LogP contribution in [0.15, 0.2) is 77.7 Å². The predicted molar refractivity (Wildman–Crippen MR) is 113 cm³/mol. The molecule has 144 valence electrons. The van der Waals surface area contributed by atoms with Gasteiger partial charge in [0.15, 0.2) is 5.78 Å². The standard InChI is InChI=1S/C22H22N2O3S/c1-3-17-7-13-22(14-8-17)28(26,27)24-20-11-9-19(10-12-20)23-21-6-4-5-18(15-21)16(2)25/h4-15,23-24H,3H2,1-2H3. The minimum Gasteiger partial charge on any atom is -0.356 e. The zero-order valence-corrected chi connectivity index (χ0v) is 16.6. The van der Waals surface area contributed by atoms with Crippen LogP contribution < -0.4 is 10.0 Å². The minimum absolute atomic E-state index is 0.000346. The first-order chi connectivity index (χ1) is 13.4. The van der Waals surface area contributed by atoms with Crippen molar-refractivity contribution in [1.82, 2.24) is 0 Å². The largest absolute Gasteiger partial charge is 0.356 e. The van der Waals surface area contributed by atoms with E-state index in [0.29, 0.717) is 11.3 Å². The topological polar surface area (TPSA) is 75.3 Å². The molecule has 3 rings (SSSR count). The monoisotopic (exact) mass is 394 g/mol. The molecule has 0 saturated carbocycles. The third kappa shape index (κ3) is 4.78. The Kier molecular flexibility index (Phi) is 5.80. The number of anilines is 3. The summed E-state index contributed by atoms with van der Waals surface area (Å²) in [5.41, 5.74) is 3.77. The van der Waals surface area contributed by atoms with Crippen molar-refractivity contribution in [3.63, 3.8) is 0 Å². The van der Waals surface area contributed by atoms with E-state index in [4.69, 9.17) is 0 Å². The highest BCUT2D eigenvalue weighted by molar-refractivity contribution is 7.92. The average Bonchev–Trinajstić information content (AvgIpc) is 2.69. The molecule has 0 radical (unpaired) electrons. The van der Waals surface area contributed by atoms with Crippen LogP contribution in [0.5, 0.6) is 0 Å². The van der Waals surface area contributed by atoms with Crippen molar-refractivity contribution in [3.8, 4) is 0 Å². The van der Waals surface area contributed by atoms with Gasteiger partial charge in [0.1, 0.15) is 0 Å². The van der Waals surface area contributed by atoms with Crippen LogP contribution in [-0.4, -0.2) is 14.2 Å². The molecule has 0 unspecified atom stereocenters. The third-order valence-corrected chi connectivity index (χ3v) is 5.73. The van der Waals surface area contributed by atoms with Crippen LogP contribution in [-0.2, 0) is 16.4 Å². The number of hydrogen-bond donors (Lipinski definition) is 2. The Hall–Kier alpha value is -3.12. The summed E-state index contributed by atoms with van der Waals surface area (Å²) in [7, 11) is -3.63. The fourth-order valence-corrected chi connectivity index (χ4v) is 3.78. The highest BCUT2D eigenvalue weighted by Gasteiger charge is 2.13. The molecule has 0 fully saturated rings. The lowest BCUT2D eigenvalue weighted by molar-refractivity contribution is 0.101. The molecule has 2 N–H and O–H groups in total. The highest BCUT2D eigenvalue weighted by Crippen LogP contribution is 2.22. The van der Waals surface area contributed by atoms with Crippen LogP contribution >= 0.6 is 0 Å². The van der Waals surface area contributed by atoms with Gasteiger partial charge >= 0.3 is 0 Å². The van der Waals surface area contributed by atoms with Crippen molar-refractivity contribution in [2.75, 3.05) is 10.0 Å². The van der Waals surface area contributed by atoms with Gasteiger partial charge in [-0.2, -0.15) is 0 Å². The molecule has 0 bridgehead atoms. The van der Waals surface area contributed by atoms with E-state index in [1.165, 1.54) is 6.92 Å². The number of carbonyl (C=O) groups excluding carboxylic acids is 1. The molecule has 0 aromatic heterocycles. The number of carbonyl (C=O) groups is 1. The first kappa shape index (κ1) is 19.6. The molecule has 0 aliphatic heterocycles. The maximum absolute atomic E-state index is 12.5. The van der Waals surface area contributed by atoms with Crippen molar-refractivity contribution in [1.29, 1.82) is 0 Å². The molecule has 0 saturated heterocycles. The van der Waals surface area contributed by atoms with E-state index in [1.54, 1.807) is 48.5 Å². The van der Waals surface area contributed by atoms with E-state index >= 15 is 0 Å². The SMILES string of the molecule is CCc1ccc(S(=O)(=O)Nc2ccc(Nc3cccc(C(C)=O)c3)cc2)cc1. The third-order valence-electron chi connectivity index (χ3n) is 4.34. The van der Waals surface area contributed by atoms with Crippen molar-refractivity contribution < 1.29 is 13.2 Å². The highest BCUT2D eigenvalue weighted by atomic mass is 32.2. The van der Waals surface area contributed by atoms with E-state index in [-0.39, 0.29) is 10.7 Å². The normalized spacial score (nSPS) is 11.1. The van der Waals surface area contributed by atoms with Crippen LogP contribution in [0.1, 0.15) is 29.8 Å². The molecular formula is C22H22N2O3S. The van der Waals surface area contributed by atoms with E-state index in [9.17, 15) is 13.2 Å². The summed E-state index contributed by atoms with van der Waals surface area (Å²) in [6.07, 6.45) is 0.859. The Labute approximate surface area is 165 Å². The summed E-state index contributed by atoms with van der Waals surface area (Å²) in [6.45, 7) is 3.55. The number of rotatable bonds is 7. The predicted octanol–water partition coefficient (Wildman–Crippen LogP) is 5.00. The molecule has 6 heteroatoms. The molecule has 3 aromatic rings. The van der Waals surface area contributed by atoms with Crippen molar-refractivity contribution in [3.05, 3.63) is 83.9 Å². The molecule has 0 atom stereocenters. The Morgan fingerprint density at radius 1 is 0.857 bits per heavy atom. The maximum atomic E-state index is 12.5. The second-order valence-corrected chi connectivity index (χ2v) is 8.12. The van der Waals surface area contributed by atoms with Gasteiger partial charge in [-0.3, -0.25) is 9.52 Å². The lowest BCUT2D eigenvalue weighted by Crippen LogP contribution is -2.12. The summed E-state index contributed by atoms with van der Waals surface area (Å²) in [6, 6.07) is 21.0. The number of aryl methyl sites for hydroxylation is 1. The molecule has 0 amide bonds. The lowest BCUT2D eigenvalue weighted by atomic mass is 10.1. The van der Waals surface area contributed by atoms with Gasteiger partial charge in [-0.1, -0.05) is 31.2 Å². The Balaban J connectivity index is 1.71. The number of Topliss-reactive ketones (excluding diaryl/α,β-unsaturated/α-hetero) is 1. The van der Waals surface area contributed by atoms with Crippen LogP contribution in [0.25, 0.3) is 0 Å². The zero-order valence-electron chi connectivity index (χ0n) is 15.8. The van der Waals surface area contributed by atoms with Gasteiger partial charge in [-0.25, -0.2) is 8.42 Å². The molecule has 28 heavy (non-hydrogen) atoms. The number of nitrogens with one attached hydrogen (secondary N) is 2. The number of benzene rings is 3. The zero-order chi connectivity index (χ0) is 20.1. The first-order valence-corrected chi connectivity index (χ1v) is 10.5. The van der Waals surface area contributed by atoms with Gasteiger partial charge in [-0.05, 0) is 67.4 Å². The molecule has 0 aliphatic rings. The lowest BCUT2D eigenvalue weighted by Gasteiger charge is -2.11. The van der Waals surface area contributed by atoms with Gasteiger partial charge < -0.3 is 5.32 Å². The van der Waals surface area contributed by atoms with Crippen molar-refractivity contribution in [2.24, 2.45) is 0 Å². The smallest absolute Gasteiger partial charge is 0.261 e. The van der Waals surface area contributed by atoms with Crippen LogP contribution in [0.3, 0.4) is 0 Å². The molecule has 5 nitrogen and oxygen atoms in total.